The van der Waals surface area contributed by atoms with Crippen LogP contribution in [0.15, 0.2) is 9.81 Å². The minimum Gasteiger partial charge on any atom is -0.166 e. The standard InChI is InChI=1S/C12H17F3S2/c13-12(14,15)10(9-5-2-1-3-6-9)11-16-7-4-8-17-11/h9H,1-8H2. The predicted molar refractivity (Wildman–Crippen MR) is 69.2 cm³/mol. The molecule has 2 aliphatic rings. The predicted octanol–water partition coefficient (Wildman–Crippen LogP) is 5.21. The molecule has 0 aromatic carbocycles. The van der Waals surface area contributed by atoms with Crippen molar-refractivity contribution in [1.29, 1.82) is 0 Å². The van der Waals surface area contributed by atoms with Crippen LogP contribution in [-0.2, 0) is 0 Å². The Bertz CT molecular complexity index is 283. The Morgan fingerprint density at radius 2 is 1.53 bits per heavy atom. The summed E-state index contributed by atoms with van der Waals surface area (Å²) in [7, 11) is 0. The topological polar surface area (TPSA) is 0 Å². The van der Waals surface area contributed by atoms with Gasteiger partial charge in [-0.15, -0.1) is 23.5 Å². The highest BCUT2D eigenvalue weighted by Crippen LogP contribution is 2.48. The number of hydrogen-bond donors (Lipinski definition) is 0. The van der Waals surface area contributed by atoms with E-state index in [0.29, 0.717) is 4.24 Å². The maximum atomic E-state index is 13.2. The number of allylic oxidation sites excluding steroid dienone is 1. The van der Waals surface area contributed by atoms with E-state index in [2.05, 4.69) is 0 Å². The van der Waals surface area contributed by atoms with Crippen molar-refractivity contribution >= 4 is 23.5 Å². The highest BCUT2D eigenvalue weighted by molar-refractivity contribution is 8.22. The smallest absolute Gasteiger partial charge is 0.166 e. The summed E-state index contributed by atoms with van der Waals surface area (Å²) < 4.78 is 40.2. The van der Waals surface area contributed by atoms with E-state index in [1.165, 1.54) is 23.5 Å². The molecule has 0 nitrogen and oxygen atoms in total. The molecule has 1 aliphatic carbocycles. The summed E-state index contributed by atoms with van der Waals surface area (Å²) in [6.07, 6.45) is 1.33. The molecule has 0 spiro atoms. The second kappa shape index (κ2) is 5.91. The molecule has 17 heavy (non-hydrogen) atoms. The average Bonchev–Trinajstić information content (AvgIpc) is 2.30. The van der Waals surface area contributed by atoms with E-state index in [1.54, 1.807) is 0 Å². The molecule has 0 aromatic rings. The zero-order valence-corrected chi connectivity index (χ0v) is 11.3. The molecule has 1 saturated carbocycles. The van der Waals surface area contributed by atoms with Gasteiger partial charge in [0.25, 0.3) is 0 Å². The van der Waals surface area contributed by atoms with Gasteiger partial charge in [-0.3, -0.25) is 0 Å². The molecule has 0 unspecified atom stereocenters. The van der Waals surface area contributed by atoms with E-state index in [9.17, 15) is 13.2 Å². The Morgan fingerprint density at radius 1 is 0.941 bits per heavy atom. The Kier molecular flexibility index (Phi) is 4.75. The molecule has 2 fully saturated rings. The van der Waals surface area contributed by atoms with E-state index in [1.807, 2.05) is 0 Å². The van der Waals surface area contributed by atoms with Gasteiger partial charge in [0.1, 0.15) is 0 Å². The molecule has 2 rings (SSSR count). The second-order valence-corrected chi connectivity index (χ2v) is 7.05. The van der Waals surface area contributed by atoms with Crippen LogP contribution in [-0.4, -0.2) is 17.7 Å². The largest absolute Gasteiger partial charge is 0.414 e. The molecular formula is C12H17F3S2. The molecule has 1 saturated heterocycles. The van der Waals surface area contributed by atoms with E-state index in [0.717, 1.165) is 50.0 Å². The van der Waals surface area contributed by atoms with Crippen molar-refractivity contribution in [2.75, 3.05) is 11.5 Å². The first-order chi connectivity index (χ1) is 8.09. The SMILES string of the molecule is FC(F)(F)C(=C1SCCCS1)C1CCCCC1. The molecule has 0 bridgehead atoms. The molecule has 1 heterocycles. The van der Waals surface area contributed by atoms with Crippen molar-refractivity contribution in [3.8, 4) is 0 Å². The maximum Gasteiger partial charge on any atom is 0.414 e. The minimum absolute atomic E-state index is 0.202. The fourth-order valence-corrected chi connectivity index (χ4v) is 5.33. The first-order valence-corrected chi connectivity index (χ1v) is 8.13. The fourth-order valence-electron chi connectivity index (χ4n) is 2.49. The van der Waals surface area contributed by atoms with Crippen LogP contribution in [0.2, 0.25) is 0 Å². The highest BCUT2D eigenvalue weighted by Gasteiger charge is 2.41. The summed E-state index contributed by atoms with van der Waals surface area (Å²) in [5.41, 5.74) is -0.202. The van der Waals surface area contributed by atoms with Crippen LogP contribution >= 0.6 is 23.5 Å². The number of rotatable bonds is 1. The first kappa shape index (κ1) is 13.7. The second-order valence-electron chi connectivity index (χ2n) is 4.58. The van der Waals surface area contributed by atoms with Gasteiger partial charge in [-0.2, -0.15) is 13.2 Å². The summed E-state index contributed by atoms with van der Waals surface area (Å²) in [6, 6.07) is 0. The third-order valence-corrected chi connectivity index (χ3v) is 5.95. The Morgan fingerprint density at radius 3 is 2.06 bits per heavy atom. The van der Waals surface area contributed by atoms with Crippen molar-refractivity contribution in [2.45, 2.75) is 44.7 Å². The summed E-state index contributed by atoms with van der Waals surface area (Å²) in [4.78, 5) is 0. The number of halogens is 3. The van der Waals surface area contributed by atoms with E-state index < -0.39 is 6.18 Å². The molecule has 1 aliphatic heterocycles. The third-order valence-electron chi connectivity index (χ3n) is 3.29. The normalized spacial score (nSPS) is 23.8. The van der Waals surface area contributed by atoms with Crippen molar-refractivity contribution < 1.29 is 13.2 Å². The number of hydrogen-bond acceptors (Lipinski definition) is 2. The monoisotopic (exact) mass is 282 g/mol. The van der Waals surface area contributed by atoms with E-state index >= 15 is 0 Å². The van der Waals surface area contributed by atoms with Crippen LogP contribution in [0.5, 0.6) is 0 Å². The molecule has 0 atom stereocenters. The lowest BCUT2D eigenvalue weighted by atomic mass is 9.84. The summed E-state index contributed by atoms with van der Waals surface area (Å²) in [6.45, 7) is 0. The van der Waals surface area contributed by atoms with Gasteiger partial charge in [-0.25, -0.2) is 0 Å². The third kappa shape index (κ3) is 3.60. The molecule has 0 amide bonds. The maximum absolute atomic E-state index is 13.2. The van der Waals surface area contributed by atoms with Crippen LogP contribution in [0, 0.1) is 5.92 Å². The van der Waals surface area contributed by atoms with Crippen LogP contribution in [0.25, 0.3) is 0 Å². The van der Waals surface area contributed by atoms with Crippen LogP contribution in [0.4, 0.5) is 13.2 Å². The number of alkyl halides is 3. The summed E-state index contributed by atoms with van der Waals surface area (Å²) in [5, 5.41) is 0. The van der Waals surface area contributed by atoms with Crippen molar-refractivity contribution in [1.82, 2.24) is 0 Å². The molecule has 98 valence electrons. The average molecular weight is 282 g/mol. The fraction of sp³-hybridized carbons (Fsp3) is 0.833. The lowest BCUT2D eigenvalue weighted by Crippen LogP contribution is -2.23. The van der Waals surface area contributed by atoms with Gasteiger partial charge in [0, 0.05) is 4.24 Å². The van der Waals surface area contributed by atoms with Crippen molar-refractivity contribution in [2.24, 2.45) is 5.92 Å². The van der Waals surface area contributed by atoms with Gasteiger partial charge >= 0.3 is 6.18 Å². The van der Waals surface area contributed by atoms with Crippen molar-refractivity contribution in [3.63, 3.8) is 0 Å². The lowest BCUT2D eigenvalue weighted by molar-refractivity contribution is -0.100. The minimum atomic E-state index is -4.13. The highest BCUT2D eigenvalue weighted by atomic mass is 32.2. The molecule has 0 aromatic heterocycles. The van der Waals surface area contributed by atoms with Crippen LogP contribution in [0.1, 0.15) is 38.5 Å². The quantitative estimate of drug-likeness (QED) is 0.647. The Balaban J connectivity index is 2.23. The van der Waals surface area contributed by atoms with Gasteiger partial charge in [-0.05, 0) is 36.7 Å². The van der Waals surface area contributed by atoms with E-state index in [4.69, 9.17) is 0 Å². The molecule has 5 heteroatoms. The zero-order chi connectivity index (χ0) is 12.3. The molecule has 0 radical (unpaired) electrons. The Hall–Kier alpha value is 0.230. The molecular weight excluding hydrogens is 265 g/mol. The van der Waals surface area contributed by atoms with Crippen LogP contribution < -0.4 is 0 Å². The Labute approximate surface area is 109 Å². The van der Waals surface area contributed by atoms with E-state index in [-0.39, 0.29) is 11.5 Å². The van der Waals surface area contributed by atoms with Gasteiger partial charge in [0.2, 0.25) is 0 Å². The zero-order valence-electron chi connectivity index (χ0n) is 9.68. The summed E-state index contributed by atoms with van der Waals surface area (Å²) in [5.74, 6) is 1.44. The number of thioether (sulfide) groups is 2. The molecule has 0 N–H and O–H groups in total. The van der Waals surface area contributed by atoms with Gasteiger partial charge in [-0.1, -0.05) is 19.3 Å². The summed E-state index contributed by atoms with van der Waals surface area (Å²) >= 11 is 2.83. The lowest BCUT2D eigenvalue weighted by Gasteiger charge is -2.29. The first-order valence-electron chi connectivity index (χ1n) is 6.16. The van der Waals surface area contributed by atoms with Crippen LogP contribution in [0.3, 0.4) is 0 Å². The van der Waals surface area contributed by atoms with Gasteiger partial charge in [0.05, 0.1) is 5.57 Å². The van der Waals surface area contributed by atoms with Crippen molar-refractivity contribution in [3.05, 3.63) is 9.81 Å². The van der Waals surface area contributed by atoms with Gasteiger partial charge in [0.15, 0.2) is 0 Å². The van der Waals surface area contributed by atoms with Gasteiger partial charge < -0.3 is 0 Å².